The van der Waals surface area contributed by atoms with Gasteiger partial charge in [0.2, 0.25) is 0 Å². The fourth-order valence-corrected chi connectivity index (χ4v) is 12.7. The molecule has 9 rings (SSSR count). The molecule has 0 heterocycles. The van der Waals surface area contributed by atoms with Gasteiger partial charge in [0.05, 0.1) is 91.2 Å². The van der Waals surface area contributed by atoms with Crippen molar-refractivity contribution in [2.45, 2.75) is 157 Å². The van der Waals surface area contributed by atoms with Crippen LogP contribution >= 0.6 is 15.9 Å². The summed E-state index contributed by atoms with van der Waals surface area (Å²) in [6, 6.07) is 65.3. The van der Waals surface area contributed by atoms with Crippen LogP contribution < -0.4 is 49.0 Å². The molecule has 10 nitrogen and oxygen atoms in total. The van der Waals surface area contributed by atoms with Crippen LogP contribution in [0.1, 0.15) is 154 Å². The first-order chi connectivity index (χ1) is 44.4. The van der Waals surface area contributed by atoms with E-state index in [1.54, 1.807) is 35.5 Å². The van der Waals surface area contributed by atoms with Gasteiger partial charge in [-0.05, 0) is 154 Å². The summed E-state index contributed by atoms with van der Waals surface area (Å²) in [5.74, 6) is 3.30. The number of hydrogen-bond acceptors (Lipinski definition) is 10. The van der Waals surface area contributed by atoms with Crippen molar-refractivity contribution in [2.75, 3.05) is 60.9 Å². The Morgan fingerprint density at radius 2 is 0.468 bits per heavy atom. The van der Waals surface area contributed by atoms with Gasteiger partial charge in [0.1, 0.15) is 0 Å². The molecule has 11 heteroatoms. The van der Waals surface area contributed by atoms with Gasteiger partial charge < -0.3 is 49.0 Å². The summed E-state index contributed by atoms with van der Waals surface area (Å²) in [4.78, 5) is 9.53. The molecule has 0 aliphatic rings. The molecule has 0 atom stereocenters. The zero-order valence-corrected chi connectivity index (χ0v) is 61.0. The standard InChI is InChI=1S/C83H100BrN5O5/c1-79(2,3)59-41-64(84)74(90-16)66(43-59)86(51-55-33-25-21-26-34-55)68-45-61(81(7,8)9)47-70(76(68)92-18)88(53-57-37-29-23-30-38-57)72-49-63(83(13,14)15)50-73(78(72)94-20)89(54-58-39-31-24-32-40-58)71-48-62(82(10,11)12)46-69(77(71)93-19)87(52-56-35-27-22-28-36-56)67-44-60(80(4,5)6)42-65(85)75(67)91-17/h21-50H,51-54,85H2,1-20H3. The van der Waals surface area contributed by atoms with Crippen LogP contribution in [0.25, 0.3) is 0 Å². The van der Waals surface area contributed by atoms with Gasteiger partial charge in [-0.25, -0.2) is 0 Å². The minimum atomic E-state index is -0.382. The van der Waals surface area contributed by atoms with Gasteiger partial charge in [0, 0.05) is 26.2 Å². The molecule has 2 N–H and O–H groups in total. The number of methoxy groups -OCH3 is 5. The van der Waals surface area contributed by atoms with E-state index in [1.165, 1.54) is 0 Å². The number of nitrogen functional groups attached to an aromatic ring is 1. The maximum atomic E-state index is 7.16. The molecule has 0 saturated heterocycles. The van der Waals surface area contributed by atoms with Crippen molar-refractivity contribution in [1.29, 1.82) is 0 Å². The van der Waals surface area contributed by atoms with Gasteiger partial charge in [-0.2, -0.15) is 0 Å². The van der Waals surface area contributed by atoms with E-state index in [1.807, 2.05) is 6.07 Å². The molecular formula is C83H100BrN5O5. The summed E-state index contributed by atoms with van der Waals surface area (Å²) in [6.07, 6.45) is 0. The monoisotopic (exact) mass is 1330 g/mol. The number of anilines is 9. The first kappa shape index (κ1) is 69.8. The highest BCUT2D eigenvalue weighted by Gasteiger charge is 2.36. The summed E-state index contributed by atoms with van der Waals surface area (Å²) in [5, 5.41) is 0. The van der Waals surface area contributed by atoms with Gasteiger partial charge in [0.15, 0.2) is 28.7 Å². The second-order valence-electron chi connectivity index (χ2n) is 29.8. The number of halogens is 1. The van der Waals surface area contributed by atoms with Gasteiger partial charge in [-0.15, -0.1) is 0 Å². The summed E-state index contributed by atoms with van der Waals surface area (Å²) < 4.78 is 34.9. The Balaban J connectivity index is 1.43. The first-order valence-corrected chi connectivity index (χ1v) is 33.5. The van der Waals surface area contributed by atoms with Crippen LogP contribution in [0.4, 0.5) is 51.2 Å². The molecule has 0 aliphatic carbocycles. The van der Waals surface area contributed by atoms with Gasteiger partial charge in [0.25, 0.3) is 0 Å². The normalized spacial score (nSPS) is 12.1. The Kier molecular flexibility index (Phi) is 20.9. The molecule has 0 aromatic heterocycles. The second-order valence-corrected chi connectivity index (χ2v) is 30.7. The lowest BCUT2D eigenvalue weighted by atomic mass is 9.84. The van der Waals surface area contributed by atoms with Crippen LogP contribution in [-0.2, 0) is 53.3 Å². The maximum absolute atomic E-state index is 7.16. The third-order valence-electron chi connectivity index (χ3n) is 17.7. The van der Waals surface area contributed by atoms with E-state index in [0.29, 0.717) is 54.9 Å². The van der Waals surface area contributed by atoms with E-state index in [9.17, 15) is 0 Å². The molecule has 0 fully saturated rings. The number of nitrogens with two attached hydrogens (primary N) is 1. The van der Waals surface area contributed by atoms with Crippen LogP contribution in [0.3, 0.4) is 0 Å². The summed E-state index contributed by atoms with van der Waals surface area (Å²) in [6.45, 7) is 35.8. The zero-order valence-electron chi connectivity index (χ0n) is 59.4. The van der Waals surface area contributed by atoms with Crippen molar-refractivity contribution in [3.63, 3.8) is 0 Å². The van der Waals surface area contributed by atoms with E-state index in [0.717, 1.165) is 106 Å². The van der Waals surface area contributed by atoms with E-state index in [2.05, 4.69) is 315 Å². The minimum Gasteiger partial charge on any atom is -0.493 e. The molecule has 494 valence electrons. The van der Waals surface area contributed by atoms with E-state index < -0.39 is 0 Å². The van der Waals surface area contributed by atoms with Crippen molar-refractivity contribution in [3.05, 3.63) is 237 Å². The topological polar surface area (TPSA) is 85.1 Å². The summed E-state index contributed by atoms with van der Waals surface area (Å²) in [7, 11) is 8.84. The fraction of sp³-hybridized carbons (Fsp3) is 0.349. The fourth-order valence-electron chi connectivity index (χ4n) is 12.1. The zero-order chi connectivity index (χ0) is 68.2. The largest absolute Gasteiger partial charge is 0.493 e. The molecule has 9 aromatic rings. The van der Waals surface area contributed by atoms with Gasteiger partial charge >= 0.3 is 0 Å². The second kappa shape index (κ2) is 28.2. The van der Waals surface area contributed by atoms with Crippen molar-refractivity contribution in [3.8, 4) is 28.7 Å². The smallest absolute Gasteiger partial charge is 0.166 e. The molecule has 0 radical (unpaired) electrons. The van der Waals surface area contributed by atoms with E-state index in [-0.39, 0.29) is 27.1 Å². The molecule has 0 bridgehead atoms. The van der Waals surface area contributed by atoms with Crippen molar-refractivity contribution in [1.82, 2.24) is 0 Å². The van der Waals surface area contributed by atoms with Crippen molar-refractivity contribution in [2.24, 2.45) is 0 Å². The Labute approximate surface area is 570 Å². The Bertz CT molecular complexity index is 3810. The SMILES string of the molecule is COc1c(N)cc(C(C)(C)C)cc1N(Cc1ccccc1)c1cc(C(C)(C)C)cc(N(Cc2ccccc2)c2cc(C(C)(C)C)cc(N(Cc3ccccc3)c3cc(C(C)(C)C)cc(N(Cc4ccccc4)c4cc(C(C)(C)C)cc(Br)c4OC)c3OC)c2OC)c1OC. The van der Waals surface area contributed by atoms with Gasteiger partial charge in [-0.3, -0.25) is 0 Å². The molecule has 0 unspecified atom stereocenters. The number of nitrogens with zero attached hydrogens (tertiary/aromatic N) is 4. The predicted molar refractivity (Wildman–Crippen MR) is 400 cm³/mol. The molecule has 94 heavy (non-hydrogen) atoms. The quantitative estimate of drug-likeness (QED) is 0.0702. The lowest BCUT2D eigenvalue weighted by Crippen LogP contribution is -2.26. The highest BCUT2D eigenvalue weighted by atomic mass is 79.9. The number of ether oxygens (including phenoxy) is 5. The lowest BCUT2D eigenvalue weighted by Gasteiger charge is -2.38. The first-order valence-electron chi connectivity index (χ1n) is 32.7. The van der Waals surface area contributed by atoms with Crippen LogP contribution in [0.15, 0.2) is 186 Å². The molecular weight excluding hydrogens is 1230 g/mol. The van der Waals surface area contributed by atoms with Gasteiger partial charge in [-0.1, -0.05) is 225 Å². The average molecular weight is 1330 g/mol. The van der Waals surface area contributed by atoms with E-state index in [4.69, 9.17) is 29.4 Å². The predicted octanol–water partition coefficient (Wildman–Crippen LogP) is 21.9. The Hall–Kier alpha value is -8.54. The number of hydrogen-bond donors (Lipinski definition) is 1. The average Bonchev–Trinajstić information content (AvgIpc) is 0.746. The summed E-state index contributed by atoms with van der Waals surface area (Å²) >= 11 is 4.00. The van der Waals surface area contributed by atoms with Crippen LogP contribution in [-0.4, -0.2) is 35.5 Å². The molecule has 9 aromatic carbocycles. The Morgan fingerprint density at radius 3 is 0.681 bits per heavy atom. The van der Waals surface area contributed by atoms with Crippen molar-refractivity contribution < 1.29 is 23.7 Å². The Morgan fingerprint density at radius 1 is 0.277 bits per heavy atom. The number of rotatable bonds is 21. The lowest BCUT2D eigenvalue weighted by molar-refractivity contribution is 0.407. The maximum Gasteiger partial charge on any atom is 0.166 e. The molecule has 0 aliphatic heterocycles. The molecule has 0 saturated carbocycles. The highest BCUT2D eigenvalue weighted by Crippen LogP contribution is 2.57. The van der Waals surface area contributed by atoms with E-state index >= 15 is 0 Å². The van der Waals surface area contributed by atoms with Crippen LogP contribution in [0, 0.1) is 0 Å². The van der Waals surface area contributed by atoms with Crippen LogP contribution in [0.5, 0.6) is 28.7 Å². The van der Waals surface area contributed by atoms with Crippen molar-refractivity contribution >= 4 is 67.1 Å². The minimum absolute atomic E-state index is 0.195. The highest BCUT2D eigenvalue weighted by molar-refractivity contribution is 9.10. The number of benzene rings is 9. The summed E-state index contributed by atoms with van der Waals surface area (Å²) in [5.41, 5.74) is 22.9. The third-order valence-corrected chi connectivity index (χ3v) is 18.3. The third kappa shape index (κ3) is 15.5. The molecule has 0 amide bonds. The van der Waals surface area contributed by atoms with Crippen LogP contribution in [0.2, 0.25) is 0 Å². The molecule has 0 spiro atoms.